The summed E-state index contributed by atoms with van der Waals surface area (Å²) in [7, 11) is -3.89. The standard InChI is InChI=1S/C31H37N3O6S/c1-31(2,3)32-30(36)26(19-23-11-7-5-8-12-23)33(21-24-13-9-6-10-14-24)29(35)22-34(41(4,37)38)25-15-16-27-28(20-25)40-18-17-39-27/h5-16,20,26H,17-19,21-22H2,1-4H3,(H,32,36)/t26-/m1/s1. The predicted molar refractivity (Wildman–Crippen MR) is 158 cm³/mol. The van der Waals surface area contributed by atoms with E-state index in [-0.39, 0.29) is 24.6 Å². The van der Waals surface area contributed by atoms with Gasteiger partial charge in [0.1, 0.15) is 25.8 Å². The van der Waals surface area contributed by atoms with Crippen LogP contribution < -0.4 is 19.1 Å². The Hall–Kier alpha value is -4.05. The fraction of sp³-hybridized carbons (Fsp3) is 0.355. The average Bonchev–Trinajstić information content (AvgIpc) is 2.92. The Kier molecular flexibility index (Phi) is 9.22. The van der Waals surface area contributed by atoms with Crippen LogP contribution >= 0.6 is 0 Å². The molecular formula is C31H37N3O6S. The van der Waals surface area contributed by atoms with Gasteiger partial charge in [0, 0.05) is 24.6 Å². The summed E-state index contributed by atoms with van der Waals surface area (Å²) < 4.78 is 38.3. The molecular weight excluding hydrogens is 542 g/mol. The van der Waals surface area contributed by atoms with E-state index < -0.39 is 34.1 Å². The number of benzene rings is 3. The van der Waals surface area contributed by atoms with Crippen molar-refractivity contribution >= 4 is 27.5 Å². The number of ether oxygens (including phenoxy) is 2. The molecule has 1 aliphatic rings. The van der Waals surface area contributed by atoms with E-state index in [9.17, 15) is 18.0 Å². The minimum Gasteiger partial charge on any atom is -0.486 e. The van der Waals surface area contributed by atoms with Crippen LogP contribution in [0.5, 0.6) is 11.5 Å². The summed E-state index contributed by atoms with van der Waals surface area (Å²) in [4.78, 5) is 29.4. The fourth-order valence-corrected chi connectivity index (χ4v) is 5.43. The molecule has 10 heteroatoms. The molecule has 2 amide bonds. The number of sulfonamides is 1. The molecule has 1 atom stereocenters. The molecule has 1 heterocycles. The van der Waals surface area contributed by atoms with Crippen molar-refractivity contribution < 1.29 is 27.5 Å². The summed E-state index contributed by atoms with van der Waals surface area (Å²) in [5.41, 5.74) is 1.41. The number of rotatable bonds is 10. The third-order valence-corrected chi connectivity index (χ3v) is 7.60. The molecule has 218 valence electrons. The van der Waals surface area contributed by atoms with Gasteiger partial charge in [0.25, 0.3) is 0 Å². The van der Waals surface area contributed by atoms with Crippen molar-refractivity contribution in [3.05, 3.63) is 90.0 Å². The molecule has 3 aromatic rings. The van der Waals surface area contributed by atoms with Crippen molar-refractivity contribution in [1.82, 2.24) is 10.2 Å². The van der Waals surface area contributed by atoms with Crippen LogP contribution in [0.2, 0.25) is 0 Å². The van der Waals surface area contributed by atoms with Crippen molar-refractivity contribution in [1.29, 1.82) is 0 Å². The lowest BCUT2D eigenvalue weighted by Crippen LogP contribution is -2.56. The number of hydrogen-bond acceptors (Lipinski definition) is 6. The van der Waals surface area contributed by atoms with Crippen LogP contribution in [-0.4, -0.2) is 62.7 Å². The maximum atomic E-state index is 14.2. The SMILES string of the molecule is CC(C)(C)NC(=O)[C@@H](Cc1ccccc1)N(Cc1ccccc1)C(=O)CN(c1ccc2c(c1)OCCO2)S(C)(=O)=O. The van der Waals surface area contributed by atoms with Crippen LogP contribution in [-0.2, 0) is 32.6 Å². The third-order valence-electron chi connectivity index (χ3n) is 6.46. The summed E-state index contributed by atoms with van der Waals surface area (Å²) in [6.45, 7) is 5.98. The van der Waals surface area contributed by atoms with Crippen molar-refractivity contribution in [2.75, 3.05) is 30.3 Å². The molecule has 0 unspecified atom stereocenters. The van der Waals surface area contributed by atoms with Crippen molar-refractivity contribution in [2.45, 2.75) is 45.3 Å². The highest BCUT2D eigenvalue weighted by molar-refractivity contribution is 7.92. The van der Waals surface area contributed by atoms with E-state index >= 15 is 0 Å². The predicted octanol–water partition coefficient (Wildman–Crippen LogP) is 3.78. The van der Waals surface area contributed by atoms with E-state index in [1.54, 1.807) is 18.2 Å². The maximum absolute atomic E-state index is 14.2. The number of nitrogens with one attached hydrogen (secondary N) is 1. The highest BCUT2D eigenvalue weighted by Gasteiger charge is 2.34. The molecule has 1 N–H and O–H groups in total. The van der Waals surface area contributed by atoms with Gasteiger partial charge in [-0.15, -0.1) is 0 Å². The van der Waals surface area contributed by atoms with Gasteiger partial charge in [-0.1, -0.05) is 60.7 Å². The van der Waals surface area contributed by atoms with Gasteiger partial charge in [0.2, 0.25) is 21.8 Å². The number of fused-ring (bicyclic) bond motifs is 1. The lowest BCUT2D eigenvalue weighted by Gasteiger charge is -2.35. The number of nitrogens with zero attached hydrogens (tertiary/aromatic N) is 2. The highest BCUT2D eigenvalue weighted by Crippen LogP contribution is 2.34. The molecule has 0 spiro atoms. The van der Waals surface area contributed by atoms with Crippen molar-refractivity contribution in [2.24, 2.45) is 0 Å². The van der Waals surface area contributed by atoms with Gasteiger partial charge in [-0.2, -0.15) is 0 Å². The quantitative estimate of drug-likeness (QED) is 0.392. The molecule has 0 aliphatic carbocycles. The first kappa shape index (κ1) is 29.9. The molecule has 0 saturated carbocycles. The molecule has 3 aromatic carbocycles. The second-order valence-electron chi connectivity index (χ2n) is 11.0. The molecule has 41 heavy (non-hydrogen) atoms. The van der Waals surface area contributed by atoms with E-state index in [0.717, 1.165) is 21.7 Å². The number of amides is 2. The first-order valence-corrected chi connectivity index (χ1v) is 15.3. The van der Waals surface area contributed by atoms with Crippen LogP contribution in [0.15, 0.2) is 78.9 Å². The van der Waals surface area contributed by atoms with Crippen LogP contribution in [0.4, 0.5) is 5.69 Å². The fourth-order valence-electron chi connectivity index (χ4n) is 4.59. The average molecular weight is 580 g/mol. The number of carbonyl (C=O) groups excluding carboxylic acids is 2. The van der Waals surface area contributed by atoms with Gasteiger partial charge in [-0.05, 0) is 44.0 Å². The molecule has 9 nitrogen and oxygen atoms in total. The Morgan fingerprint density at radius 1 is 0.878 bits per heavy atom. The molecule has 0 fully saturated rings. The first-order valence-electron chi connectivity index (χ1n) is 13.5. The van der Waals surface area contributed by atoms with Gasteiger partial charge in [0.15, 0.2) is 11.5 Å². The largest absolute Gasteiger partial charge is 0.486 e. The second kappa shape index (κ2) is 12.6. The zero-order valence-electron chi connectivity index (χ0n) is 23.9. The molecule has 0 aromatic heterocycles. The van der Waals surface area contributed by atoms with Gasteiger partial charge >= 0.3 is 0 Å². The number of carbonyl (C=O) groups is 2. The Bertz CT molecular complexity index is 1460. The topological polar surface area (TPSA) is 105 Å². The van der Waals surface area contributed by atoms with E-state index in [2.05, 4.69) is 5.32 Å². The van der Waals surface area contributed by atoms with Crippen LogP contribution in [0.1, 0.15) is 31.9 Å². The molecule has 1 aliphatic heterocycles. The molecule has 0 saturated heterocycles. The zero-order valence-corrected chi connectivity index (χ0v) is 24.7. The normalized spacial score (nSPS) is 13.7. The first-order chi connectivity index (χ1) is 19.4. The zero-order chi connectivity index (χ0) is 29.6. The minimum atomic E-state index is -3.89. The minimum absolute atomic E-state index is 0.119. The summed E-state index contributed by atoms with van der Waals surface area (Å²) in [6, 6.07) is 22.7. The Morgan fingerprint density at radius 3 is 2.05 bits per heavy atom. The Labute approximate surface area is 242 Å². The molecule has 0 bridgehead atoms. The summed E-state index contributed by atoms with van der Waals surface area (Å²) in [5, 5.41) is 3.01. The summed E-state index contributed by atoms with van der Waals surface area (Å²) >= 11 is 0. The number of hydrogen-bond donors (Lipinski definition) is 1. The van der Waals surface area contributed by atoms with E-state index in [1.165, 1.54) is 4.90 Å². The number of anilines is 1. The van der Waals surface area contributed by atoms with Gasteiger partial charge in [0.05, 0.1) is 11.9 Å². The highest BCUT2D eigenvalue weighted by atomic mass is 32.2. The van der Waals surface area contributed by atoms with Crippen molar-refractivity contribution in [3.63, 3.8) is 0 Å². The van der Waals surface area contributed by atoms with E-state index in [0.29, 0.717) is 24.7 Å². The lowest BCUT2D eigenvalue weighted by molar-refractivity contribution is -0.140. The Balaban J connectivity index is 1.73. The van der Waals surface area contributed by atoms with Crippen molar-refractivity contribution in [3.8, 4) is 11.5 Å². The second-order valence-corrected chi connectivity index (χ2v) is 13.0. The van der Waals surface area contributed by atoms with E-state index in [1.807, 2.05) is 81.4 Å². The summed E-state index contributed by atoms with van der Waals surface area (Å²) in [6.07, 6.45) is 1.30. The Morgan fingerprint density at radius 2 is 1.46 bits per heavy atom. The van der Waals surface area contributed by atoms with Crippen LogP contribution in [0.25, 0.3) is 0 Å². The lowest BCUT2D eigenvalue weighted by atomic mass is 10.0. The van der Waals surface area contributed by atoms with Gasteiger partial charge < -0.3 is 19.7 Å². The van der Waals surface area contributed by atoms with Gasteiger partial charge in [-0.3, -0.25) is 13.9 Å². The third kappa shape index (κ3) is 8.23. The van der Waals surface area contributed by atoms with Gasteiger partial charge in [-0.25, -0.2) is 8.42 Å². The molecule has 4 rings (SSSR count). The smallest absolute Gasteiger partial charge is 0.244 e. The van der Waals surface area contributed by atoms with E-state index in [4.69, 9.17) is 9.47 Å². The summed E-state index contributed by atoms with van der Waals surface area (Å²) in [5.74, 6) is 0.0739. The molecule has 0 radical (unpaired) electrons. The van der Waals surface area contributed by atoms with Crippen LogP contribution in [0, 0.1) is 0 Å². The monoisotopic (exact) mass is 579 g/mol. The maximum Gasteiger partial charge on any atom is 0.244 e. The van der Waals surface area contributed by atoms with Crippen LogP contribution in [0.3, 0.4) is 0 Å².